The molecule has 3 aromatic carbocycles. The van der Waals surface area contributed by atoms with E-state index in [4.69, 9.17) is 4.98 Å². The van der Waals surface area contributed by atoms with Gasteiger partial charge in [0.15, 0.2) is 5.78 Å². The molecule has 1 heterocycles. The Morgan fingerprint density at radius 1 is 0.792 bits per heavy atom. The first kappa shape index (κ1) is 37.5. The standard InChI is InChI=1S/C29H24N.C15H28O2.Ir/c1-28(2)23-15-8-7-12-20(23)25-26(28)21-13-9-14-22(24(21)29(25,3)4)27-19-11-6-5-10-18(19)16-17-30-27;1-7-14(5,8-2)12(16)11-13(17)15(6,9-3)10-4;/h5-13,15-17H,1-4H3;11,16H,7-10H2,1-6H3;/q-1;;/b;12-11-;. The first-order chi connectivity index (χ1) is 22.2. The zero-order chi connectivity index (χ0) is 34.4. The summed E-state index contributed by atoms with van der Waals surface area (Å²) in [6, 6.07) is 27.5. The van der Waals surface area contributed by atoms with Crippen molar-refractivity contribution in [1.82, 2.24) is 4.98 Å². The Bertz CT molecular complexity index is 1880. The smallest absolute Gasteiger partial charge is 0.164 e. The van der Waals surface area contributed by atoms with Gasteiger partial charge in [-0.3, -0.25) is 4.79 Å². The molecule has 0 bridgehead atoms. The van der Waals surface area contributed by atoms with Crippen molar-refractivity contribution in [3.8, 4) is 11.3 Å². The van der Waals surface area contributed by atoms with Gasteiger partial charge >= 0.3 is 0 Å². The van der Waals surface area contributed by atoms with Crippen LogP contribution in [0.25, 0.3) is 33.2 Å². The van der Waals surface area contributed by atoms with Crippen LogP contribution in [0.15, 0.2) is 84.8 Å². The van der Waals surface area contributed by atoms with Crippen LogP contribution in [0, 0.1) is 16.9 Å². The van der Waals surface area contributed by atoms with Gasteiger partial charge in [0.1, 0.15) is 5.76 Å². The Morgan fingerprint density at radius 2 is 1.38 bits per heavy atom. The summed E-state index contributed by atoms with van der Waals surface area (Å²) in [5, 5.41) is 12.5. The van der Waals surface area contributed by atoms with Crippen LogP contribution in [0.4, 0.5) is 0 Å². The van der Waals surface area contributed by atoms with E-state index in [1.807, 2.05) is 47.7 Å². The molecule has 1 radical (unpaired) electrons. The summed E-state index contributed by atoms with van der Waals surface area (Å²) in [6.07, 6.45) is 6.68. The van der Waals surface area contributed by atoms with E-state index >= 15 is 0 Å². The average molecular weight is 819 g/mol. The van der Waals surface area contributed by atoms with E-state index in [1.54, 1.807) is 0 Å². The van der Waals surface area contributed by atoms with Crippen LogP contribution in [-0.2, 0) is 35.7 Å². The zero-order valence-corrected chi connectivity index (χ0v) is 32.9. The number of aliphatic hydroxyl groups excluding tert-OH is 1. The van der Waals surface area contributed by atoms with E-state index in [2.05, 4.69) is 100 Å². The number of aromatic nitrogens is 1. The molecule has 0 saturated heterocycles. The van der Waals surface area contributed by atoms with Crippen molar-refractivity contribution >= 4 is 27.7 Å². The summed E-state index contributed by atoms with van der Waals surface area (Å²) in [5.74, 6) is 0.286. The third-order valence-corrected chi connectivity index (χ3v) is 11.8. The summed E-state index contributed by atoms with van der Waals surface area (Å²) in [7, 11) is 0. The fourth-order valence-electron chi connectivity index (χ4n) is 7.62. The predicted molar refractivity (Wildman–Crippen MR) is 198 cm³/mol. The zero-order valence-electron chi connectivity index (χ0n) is 30.5. The summed E-state index contributed by atoms with van der Waals surface area (Å²) in [5.41, 5.74) is 9.94. The van der Waals surface area contributed by atoms with Crippen molar-refractivity contribution < 1.29 is 30.0 Å². The molecule has 2 aliphatic rings. The SMILES string of the molecule is CC1(C)C2=C(c3ccccc31)C(C)(C)c1c(-c3nccc4ccccc34)[c-]ccc12.CCC(C)(CC)C(=O)/C=C(\O)C(C)(CC)CC.[Ir]. The second-order valence-electron chi connectivity index (χ2n) is 15.0. The van der Waals surface area contributed by atoms with Gasteiger partial charge < -0.3 is 10.1 Å². The molecule has 48 heavy (non-hydrogen) atoms. The molecule has 1 N–H and O–H groups in total. The second-order valence-corrected chi connectivity index (χ2v) is 15.0. The molecule has 0 spiro atoms. The number of pyridine rings is 1. The normalized spacial score (nSPS) is 16.0. The fourth-order valence-corrected chi connectivity index (χ4v) is 7.62. The Kier molecular flexibility index (Phi) is 10.8. The number of hydrogen-bond acceptors (Lipinski definition) is 3. The molecule has 0 unspecified atom stereocenters. The van der Waals surface area contributed by atoms with Crippen LogP contribution in [0.2, 0.25) is 0 Å². The van der Waals surface area contributed by atoms with Gasteiger partial charge in [0, 0.05) is 48.6 Å². The predicted octanol–water partition coefficient (Wildman–Crippen LogP) is 11.8. The summed E-state index contributed by atoms with van der Waals surface area (Å²) >= 11 is 0. The van der Waals surface area contributed by atoms with Gasteiger partial charge in [-0.1, -0.05) is 123 Å². The van der Waals surface area contributed by atoms with Crippen LogP contribution in [0.5, 0.6) is 0 Å². The Hall–Kier alpha value is -3.33. The molecule has 4 heteroatoms. The molecule has 0 saturated carbocycles. The summed E-state index contributed by atoms with van der Waals surface area (Å²) in [6.45, 7) is 21.6. The first-order valence-corrected chi connectivity index (χ1v) is 17.4. The van der Waals surface area contributed by atoms with Gasteiger partial charge in [0.05, 0.1) is 0 Å². The summed E-state index contributed by atoms with van der Waals surface area (Å²) < 4.78 is 0. The minimum absolute atomic E-state index is 0. The minimum atomic E-state index is -0.337. The Balaban J connectivity index is 0.000000251. The number of ketones is 1. The monoisotopic (exact) mass is 819 g/mol. The van der Waals surface area contributed by atoms with Gasteiger partial charge in [-0.15, -0.1) is 29.3 Å². The molecule has 255 valence electrons. The van der Waals surface area contributed by atoms with Crippen LogP contribution in [-0.4, -0.2) is 15.9 Å². The molecule has 3 nitrogen and oxygen atoms in total. The molecule has 1 aromatic heterocycles. The molecule has 0 amide bonds. The Morgan fingerprint density at radius 3 is 2.02 bits per heavy atom. The summed E-state index contributed by atoms with van der Waals surface area (Å²) in [4.78, 5) is 17.0. The number of nitrogens with zero attached hydrogens (tertiary/aromatic N) is 1. The van der Waals surface area contributed by atoms with Crippen LogP contribution >= 0.6 is 0 Å². The first-order valence-electron chi connectivity index (χ1n) is 17.4. The van der Waals surface area contributed by atoms with Crippen LogP contribution in [0.1, 0.15) is 117 Å². The number of hydrogen-bond donors (Lipinski definition) is 1. The molecule has 6 rings (SSSR count). The number of fused-ring (bicyclic) bond motifs is 5. The van der Waals surface area contributed by atoms with Gasteiger partial charge in [0.25, 0.3) is 0 Å². The van der Waals surface area contributed by atoms with Gasteiger partial charge in [-0.25, -0.2) is 0 Å². The van der Waals surface area contributed by atoms with Gasteiger partial charge in [-0.2, -0.15) is 0 Å². The van der Waals surface area contributed by atoms with E-state index < -0.39 is 0 Å². The maximum atomic E-state index is 12.2. The van der Waals surface area contributed by atoms with Crippen LogP contribution in [0.3, 0.4) is 0 Å². The number of carbonyl (C=O) groups is 1. The van der Waals surface area contributed by atoms with E-state index in [1.165, 1.54) is 50.2 Å². The average Bonchev–Trinajstić information content (AvgIpc) is 3.49. The van der Waals surface area contributed by atoms with Crippen molar-refractivity contribution in [3.63, 3.8) is 0 Å². The van der Waals surface area contributed by atoms with Crippen molar-refractivity contribution in [1.29, 1.82) is 0 Å². The molecule has 0 atom stereocenters. The van der Waals surface area contributed by atoms with Crippen LogP contribution < -0.4 is 0 Å². The maximum absolute atomic E-state index is 12.2. The van der Waals surface area contributed by atoms with Crippen molar-refractivity contribution in [2.24, 2.45) is 10.8 Å². The molecule has 0 aliphatic heterocycles. The number of aliphatic hydroxyl groups is 1. The Labute approximate surface area is 302 Å². The molecule has 0 fully saturated rings. The van der Waals surface area contributed by atoms with Crippen molar-refractivity contribution in [2.45, 2.75) is 106 Å². The molecule has 2 aliphatic carbocycles. The van der Waals surface area contributed by atoms with Gasteiger partial charge in [-0.05, 0) is 75.9 Å². The maximum Gasteiger partial charge on any atom is 0.164 e. The largest absolute Gasteiger partial charge is 0.512 e. The second kappa shape index (κ2) is 13.9. The molecular weight excluding hydrogens is 767 g/mol. The van der Waals surface area contributed by atoms with E-state index in [-0.39, 0.29) is 53.3 Å². The van der Waals surface area contributed by atoms with E-state index in [0.29, 0.717) is 0 Å². The quantitative estimate of drug-likeness (QED) is 0.109. The number of benzene rings is 3. The number of carbonyl (C=O) groups excluding carboxylic acids is 1. The molecule has 4 aromatic rings. The molecular formula is C44H52IrNO2-. The number of rotatable bonds is 8. The third-order valence-electron chi connectivity index (χ3n) is 11.8. The topological polar surface area (TPSA) is 50.2 Å². The van der Waals surface area contributed by atoms with E-state index in [0.717, 1.165) is 36.9 Å². The van der Waals surface area contributed by atoms with E-state index in [9.17, 15) is 9.90 Å². The third kappa shape index (κ3) is 6.05. The van der Waals surface area contributed by atoms with Crippen molar-refractivity contribution in [3.05, 3.63) is 113 Å². The van der Waals surface area contributed by atoms with Crippen molar-refractivity contribution in [2.75, 3.05) is 0 Å². The fraction of sp³-hybridized carbons (Fsp3) is 0.409. The number of allylic oxidation sites excluding steroid dienone is 4. The van der Waals surface area contributed by atoms with Gasteiger partial charge in [0.2, 0.25) is 0 Å². The minimum Gasteiger partial charge on any atom is -0.512 e.